The molecule has 3 heteroatoms. The highest BCUT2D eigenvalue weighted by Crippen LogP contribution is 2.19. The van der Waals surface area contributed by atoms with Crippen LogP contribution in [0, 0.1) is 13.8 Å². The third-order valence-electron chi connectivity index (χ3n) is 3.11. The molecule has 0 N–H and O–H groups in total. The molecule has 0 aliphatic heterocycles. The van der Waals surface area contributed by atoms with Crippen LogP contribution in [0.4, 0.5) is 0 Å². The Kier molecular flexibility index (Phi) is 2.67. The second kappa shape index (κ2) is 4.35. The van der Waals surface area contributed by atoms with Crippen LogP contribution in [0.2, 0.25) is 0 Å². The molecule has 0 amide bonds. The van der Waals surface area contributed by atoms with Crippen LogP contribution < -0.4 is 0 Å². The highest BCUT2D eigenvalue weighted by atomic mass is 16.4. The average molecular weight is 251 g/mol. The van der Waals surface area contributed by atoms with Crippen molar-refractivity contribution >= 4 is 16.9 Å². The van der Waals surface area contributed by atoms with E-state index in [0.29, 0.717) is 16.7 Å². The molecule has 3 rings (SSSR count). The standard InChI is InChI=1S/C16H13NO2/c1-10-7-8-12(11(2)9-10)15(18)16-17-13-5-3-4-6-14(13)19-16/h3-9H,1-2H3. The van der Waals surface area contributed by atoms with Gasteiger partial charge in [0.1, 0.15) is 5.52 Å². The lowest BCUT2D eigenvalue weighted by atomic mass is 10.0. The van der Waals surface area contributed by atoms with Crippen molar-refractivity contribution in [2.75, 3.05) is 0 Å². The number of carbonyl (C=O) groups is 1. The molecule has 0 aliphatic carbocycles. The number of carbonyl (C=O) groups excluding carboxylic acids is 1. The molecular formula is C16H13NO2. The van der Waals surface area contributed by atoms with Gasteiger partial charge in [-0.05, 0) is 31.5 Å². The van der Waals surface area contributed by atoms with Gasteiger partial charge in [0.15, 0.2) is 5.58 Å². The van der Waals surface area contributed by atoms with E-state index in [1.54, 1.807) is 6.07 Å². The van der Waals surface area contributed by atoms with Crippen molar-refractivity contribution in [1.82, 2.24) is 4.98 Å². The molecule has 94 valence electrons. The van der Waals surface area contributed by atoms with Gasteiger partial charge in [-0.15, -0.1) is 0 Å². The van der Waals surface area contributed by atoms with Gasteiger partial charge in [0, 0.05) is 5.56 Å². The summed E-state index contributed by atoms with van der Waals surface area (Å²) in [6, 6.07) is 13.1. The van der Waals surface area contributed by atoms with E-state index >= 15 is 0 Å². The minimum atomic E-state index is -0.172. The molecule has 0 unspecified atom stereocenters. The number of oxazole rings is 1. The Labute approximate surface area is 110 Å². The molecule has 0 fully saturated rings. The van der Waals surface area contributed by atoms with Crippen LogP contribution in [0.5, 0.6) is 0 Å². The number of ketones is 1. The van der Waals surface area contributed by atoms with Crippen LogP contribution in [0.1, 0.15) is 27.4 Å². The number of benzene rings is 2. The van der Waals surface area contributed by atoms with Gasteiger partial charge in [0.05, 0.1) is 0 Å². The molecule has 2 aromatic carbocycles. The van der Waals surface area contributed by atoms with Crippen LogP contribution in [-0.4, -0.2) is 10.8 Å². The Morgan fingerprint density at radius 2 is 1.89 bits per heavy atom. The van der Waals surface area contributed by atoms with Crippen molar-refractivity contribution in [2.24, 2.45) is 0 Å². The topological polar surface area (TPSA) is 43.1 Å². The van der Waals surface area contributed by atoms with Gasteiger partial charge in [-0.2, -0.15) is 0 Å². The molecule has 19 heavy (non-hydrogen) atoms. The van der Waals surface area contributed by atoms with E-state index in [-0.39, 0.29) is 11.7 Å². The number of para-hydroxylation sites is 2. The van der Waals surface area contributed by atoms with E-state index in [9.17, 15) is 4.79 Å². The van der Waals surface area contributed by atoms with E-state index in [2.05, 4.69) is 4.98 Å². The van der Waals surface area contributed by atoms with Crippen LogP contribution in [0.25, 0.3) is 11.1 Å². The Morgan fingerprint density at radius 1 is 1.11 bits per heavy atom. The number of fused-ring (bicyclic) bond motifs is 1. The lowest BCUT2D eigenvalue weighted by molar-refractivity contribution is 0.100. The minimum Gasteiger partial charge on any atom is -0.433 e. The maximum Gasteiger partial charge on any atom is 0.269 e. The van der Waals surface area contributed by atoms with Gasteiger partial charge in [-0.25, -0.2) is 4.98 Å². The third kappa shape index (κ3) is 2.03. The van der Waals surface area contributed by atoms with Gasteiger partial charge in [0.25, 0.3) is 5.89 Å². The predicted molar refractivity (Wildman–Crippen MR) is 73.4 cm³/mol. The van der Waals surface area contributed by atoms with E-state index in [1.807, 2.05) is 50.2 Å². The molecule has 0 saturated heterocycles. The summed E-state index contributed by atoms with van der Waals surface area (Å²) in [4.78, 5) is 16.6. The van der Waals surface area contributed by atoms with Gasteiger partial charge < -0.3 is 4.42 Å². The molecule has 0 spiro atoms. The average Bonchev–Trinajstić information content (AvgIpc) is 2.81. The molecule has 3 nitrogen and oxygen atoms in total. The summed E-state index contributed by atoms with van der Waals surface area (Å²) in [6.45, 7) is 3.92. The lowest BCUT2D eigenvalue weighted by Gasteiger charge is -2.02. The zero-order chi connectivity index (χ0) is 13.4. The summed E-state index contributed by atoms with van der Waals surface area (Å²) >= 11 is 0. The molecule has 0 bridgehead atoms. The number of aromatic nitrogens is 1. The van der Waals surface area contributed by atoms with Crippen LogP contribution in [-0.2, 0) is 0 Å². The maximum absolute atomic E-state index is 12.4. The number of hydrogen-bond acceptors (Lipinski definition) is 3. The quantitative estimate of drug-likeness (QED) is 0.652. The van der Waals surface area contributed by atoms with Crippen LogP contribution in [0.3, 0.4) is 0 Å². The molecule has 0 radical (unpaired) electrons. The summed E-state index contributed by atoms with van der Waals surface area (Å²) < 4.78 is 5.51. The van der Waals surface area contributed by atoms with Gasteiger partial charge in [-0.3, -0.25) is 4.79 Å². The van der Waals surface area contributed by atoms with E-state index in [4.69, 9.17) is 4.42 Å². The molecule has 0 atom stereocenters. The van der Waals surface area contributed by atoms with Crippen molar-refractivity contribution in [3.05, 3.63) is 65.0 Å². The minimum absolute atomic E-state index is 0.146. The normalized spacial score (nSPS) is 10.8. The molecular weight excluding hydrogens is 238 g/mol. The second-order valence-corrected chi connectivity index (χ2v) is 4.63. The van der Waals surface area contributed by atoms with Crippen molar-refractivity contribution in [2.45, 2.75) is 13.8 Å². The number of aryl methyl sites for hydroxylation is 2. The molecule has 0 aliphatic rings. The summed E-state index contributed by atoms with van der Waals surface area (Å²) in [5.41, 5.74) is 4.04. The van der Waals surface area contributed by atoms with Crippen molar-refractivity contribution in [1.29, 1.82) is 0 Å². The van der Waals surface area contributed by atoms with E-state index in [0.717, 1.165) is 11.1 Å². The first-order chi connectivity index (χ1) is 9.15. The van der Waals surface area contributed by atoms with Crippen molar-refractivity contribution in [3.8, 4) is 0 Å². The Hall–Kier alpha value is -2.42. The van der Waals surface area contributed by atoms with Gasteiger partial charge in [-0.1, -0.05) is 35.9 Å². The first-order valence-electron chi connectivity index (χ1n) is 6.12. The first-order valence-corrected chi connectivity index (χ1v) is 6.12. The number of nitrogens with zero attached hydrogens (tertiary/aromatic N) is 1. The summed E-state index contributed by atoms with van der Waals surface area (Å²) in [5, 5.41) is 0. The monoisotopic (exact) mass is 251 g/mol. The number of rotatable bonds is 2. The highest BCUT2D eigenvalue weighted by molar-refractivity contribution is 6.07. The van der Waals surface area contributed by atoms with E-state index in [1.165, 1.54) is 0 Å². The Balaban J connectivity index is 2.08. The predicted octanol–water partition coefficient (Wildman–Crippen LogP) is 3.68. The Bertz CT molecular complexity index is 738. The number of hydrogen-bond donors (Lipinski definition) is 0. The fourth-order valence-electron chi connectivity index (χ4n) is 2.15. The second-order valence-electron chi connectivity index (χ2n) is 4.63. The van der Waals surface area contributed by atoms with Gasteiger partial charge >= 0.3 is 0 Å². The maximum atomic E-state index is 12.4. The first kappa shape index (κ1) is 11.7. The summed E-state index contributed by atoms with van der Waals surface area (Å²) in [7, 11) is 0. The summed E-state index contributed by atoms with van der Waals surface area (Å²) in [6.07, 6.45) is 0. The van der Waals surface area contributed by atoms with Crippen molar-refractivity contribution < 1.29 is 9.21 Å². The third-order valence-corrected chi connectivity index (χ3v) is 3.11. The van der Waals surface area contributed by atoms with Crippen LogP contribution >= 0.6 is 0 Å². The lowest BCUT2D eigenvalue weighted by Crippen LogP contribution is -2.04. The fraction of sp³-hybridized carbons (Fsp3) is 0.125. The van der Waals surface area contributed by atoms with E-state index < -0.39 is 0 Å². The van der Waals surface area contributed by atoms with Crippen LogP contribution in [0.15, 0.2) is 46.9 Å². The highest BCUT2D eigenvalue weighted by Gasteiger charge is 2.18. The molecule has 0 saturated carbocycles. The molecule has 1 heterocycles. The van der Waals surface area contributed by atoms with Crippen molar-refractivity contribution in [3.63, 3.8) is 0 Å². The zero-order valence-corrected chi connectivity index (χ0v) is 10.8. The van der Waals surface area contributed by atoms with Gasteiger partial charge in [0.2, 0.25) is 5.78 Å². The SMILES string of the molecule is Cc1ccc(C(=O)c2nc3ccccc3o2)c(C)c1. The molecule has 3 aromatic rings. The smallest absolute Gasteiger partial charge is 0.269 e. The zero-order valence-electron chi connectivity index (χ0n) is 10.8. The fourth-order valence-corrected chi connectivity index (χ4v) is 2.15. The Morgan fingerprint density at radius 3 is 2.63 bits per heavy atom. The molecule has 1 aromatic heterocycles. The summed E-state index contributed by atoms with van der Waals surface area (Å²) in [5.74, 6) is -0.0261. The largest absolute Gasteiger partial charge is 0.433 e.